The van der Waals surface area contributed by atoms with Gasteiger partial charge in [0.1, 0.15) is 11.5 Å². The first kappa shape index (κ1) is 21.7. The number of carbonyl (C=O) groups is 1. The summed E-state index contributed by atoms with van der Waals surface area (Å²) in [4.78, 5) is 12.5. The molecule has 152 valence electrons. The Kier molecular flexibility index (Phi) is 7.42. The highest BCUT2D eigenvalue weighted by Gasteiger charge is 2.26. The van der Waals surface area contributed by atoms with Crippen molar-refractivity contribution in [1.82, 2.24) is 4.31 Å². The number of methoxy groups -OCH3 is 1. The number of benzene rings is 2. The largest absolute Gasteiger partial charge is 0.497 e. The third-order valence-corrected chi connectivity index (χ3v) is 6.05. The minimum Gasteiger partial charge on any atom is -0.497 e. The maximum absolute atomic E-state index is 12.9. The monoisotopic (exact) mass is 406 g/mol. The molecule has 0 heterocycles. The molecule has 8 heteroatoms. The quantitative estimate of drug-likeness (QED) is 0.692. The van der Waals surface area contributed by atoms with Crippen molar-refractivity contribution in [2.24, 2.45) is 0 Å². The average Bonchev–Trinajstić information content (AvgIpc) is 2.68. The number of sulfonamides is 1. The summed E-state index contributed by atoms with van der Waals surface area (Å²) in [5.41, 5.74) is 1.29. The fourth-order valence-electron chi connectivity index (χ4n) is 2.65. The molecule has 0 saturated carbocycles. The summed E-state index contributed by atoms with van der Waals surface area (Å²) in [5.74, 6) is 0.890. The second-order valence-electron chi connectivity index (χ2n) is 6.07. The predicted molar refractivity (Wildman–Crippen MR) is 108 cm³/mol. The zero-order chi connectivity index (χ0) is 20.7. The maximum Gasteiger partial charge on any atom is 0.243 e. The number of nitrogens with zero attached hydrogens (tertiary/aromatic N) is 1. The van der Waals surface area contributed by atoms with Gasteiger partial charge in [0.2, 0.25) is 15.9 Å². The number of aryl methyl sites for hydroxylation is 1. The molecule has 0 spiro atoms. The van der Waals surface area contributed by atoms with Crippen LogP contribution in [0.15, 0.2) is 47.4 Å². The van der Waals surface area contributed by atoms with Crippen molar-refractivity contribution < 1.29 is 22.7 Å². The van der Waals surface area contributed by atoms with Gasteiger partial charge in [0.25, 0.3) is 0 Å². The Balaban J connectivity index is 2.13. The number of carbonyl (C=O) groups excluding carboxylic acids is 1. The predicted octanol–water partition coefficient (Wildman–Crippen LogP) is 3.05. The van der Waals surface area contributed by atoms with Gasteiger partial charge in [-0.3, -0.25) is 4.79 Å². The van der Waals surface area contributed by atoms with E-state index < -0.39 is 15.9 Å². The van der Waals surface area contributed by atoms with Crippen molar-refractivity contribution in [2.75, 3.05) is 32.1 Å². The van der Waals surface area contributed by atoms with Gasteiger partial charge in [0, 0.05) is 12.2 Å². The van der Waals surface area contributed by atoms with Crippen molar-refractivity contribution in [3.8, 4) is 11.5 Å². The van der Waals surface area contributed by atoms with E-state index in [1.165, 1.54) is 6.07 Å². The van der Waals surface area contributed by atoms with E-state index in [-0.39, 0.29) is 18.0 Å². The molecule has 0 saturated heterocycles. The standard InChI is InChI=1S/C20H26N2O5S/c1-5-22(14-20(23)21-16-7-9-17(26-4)10-8-16)28(24,25)18-11-12-19(27-6-2)15(3)13-18/h7-13H,5-6,14H2,1-4H3,(H,21,23). The van der Waals surface area contributed by atoms with Crippen LogP contribution in [-0.4, -0.2) is 45.4 Å². The molecule has 0 unspecified atom stereocenters. The van der Waals surface area contributed by atoms with Crippen molar-refractivity contribution in [3.05, 3.63) is 48.0 Å². The van der Waals surface area contributed by atoms with Gasteiger partial charge < -0.3 is 14.8 Å². The fourth-order valence-corrected chi connectivity index (χ4v) is 4.14. The van der Waals surface area contributed by atoms with Crippen LogP contribution in [0.3, 0.4) is 0 Å². The number of hydrogen-bond donors (Lipinski definition) is 1. The normalized spacial score (nSPS) is 11.3. The zero-order valence-corrected chi connectivity index (χ0v) is 17.4. The molecule has 0 atom stereocenters. The first-order valence-corrected chi connectivity index (χ1v) is 10.4. The number of ether oxygens (including phenoxy) is 2. The highest BCUT2D eigenvalue weighted by atomic mass is 32.2. The lowest BCUT2D eigenvalue weighted by atomic mass is 10.2. The highest BCUT2D eigenvalue weighted by molar-refractivity contribution is 7.89. The number of nitrogens with one attached hydrogen (secondary N) is 1. The third kappa shape index (κ3) is 5.24. The van der Waals surface area contributed by atoms with Crippen LogP contribution in [0.2, 0.25) is 0 Å². The summed E-state index contributed by atoms with van der Waals surface area (Å²) < 4.78 is 37.6. The van der Waals surface area contributed by atoms with E-state index in [1.807, 2.05) is 6.92 Å². The van der Waals surface area contributed by atoms with Crippen molar-refractivity contribution in [1.29, 1.82) is 0 Å². The lowest BCUT2D eigenvalue weighted by molar-refractivity contribution is -0.116. The zero-order valence-electron chi connectivity index (χ0n) is 16.6. The number of likely N-dealkylation sites (N-methyl/N-ethyl adjacent to an activating group) is 1. The number of amides is 1. The summed E-state index contributed by atoms with van der Waals surface area (Å²) in [6.45, 7) is 5.74. The molecule has 2 aromatic rings. The minimum absolute atomic E-state index is 0.132. The van der Waals surface area contributed by atoms with E-state index in [0.29, 0.717) is 23.8 Å². The molecule has 0 bridgehead atoms. The van der Waals surface area contributed by atoms with Crippen molar-refractivity contribution in [3.63, 3.8) is 0 Å². The third-order valence-electron chi connectivity index (χ3n) is 4.13. The average molecular weight is 407 g/mol. The Morgan fingerprint density at radius 2 is 1.79 bits per heavy atom. The molecule has 0 aliphatic rings. The summed E-state index contributed by atoms with van der Waals surface area (Å²) in [6.07, 6.45) is 0. The fraction of sp³-hybridized carbons (Fsp3) is 0.350. The van der Waals surface area contributed by atoms with E-state index >= 15 is 0 Å². The molecule has 0 fully saturated rings. The maximum atomic E-state index is 12.9. The summed E-state index contributed by atoms with van der Waals surface area (Å²) >= 11 is 0. The molecule has 0 aromatic heterocycles. The molecule has 1 N–H and O–H groups in total. The van der Waals surface area contributed by atoms with Gasteiger partial charge >= 0.3 is 0 Å². The topological polar surface area (TPSA) is 84.9 Å². The van der Waals surface area contributed by atoms with E-state index in [1.54, 1.807) is 57.4 Å². The number of hydrogen-bond acceptors (Lipinski definition) is 5. The van der Waals surface area contributed by atoms with Gasteiger partial charge in [0.05, 0.1) is 25.2 Å². The SMILES string of the molecule is CCOc1ccc(S(=O)(=O)N(CC)CC(=O)Nc2ccc(OC)cc2)cc1C. The van der Waals surface area contributed by atoms with Crippen LogP contribution in [0, 0.1) is 6.92 Å². The van der Waals surface area contributed by atoms with Crippen LogP contribution in [0.4, 0.5) is 5.69 Å². The van der Waals surface area contributed by atoms with Crippen LogP contribution < -0.4 is 14.8 Å². The molecule has 2 rings (SSSR count). The van der Waals surface area contributed by atoms with E-state index in [4.69, 9.17) is 9.47 Å². The molecule has 7 nitrogen and oxygen atoms in total. The second kappa shape index (κ2) is 9.57. The van der Waals surface area contributed by atoms with E-state index in [0.717, 1.165) is 9.87 Å². The lowest BCUT2D eigenvalue weighted by Gasteiger charge is -2.21. The summed E-state index contributed by atoms with van der Waals surface area (Å²) in [6, 6.07) is 11.5. The smallest absolute Gasteiger partial charge is 0.243 e. The second-order valence-corrected chi connectivity index (χ2v) is 8.01. The Morgan fingerprint density at radius 1 is 1.11 bits per heavy atom. The minimum atomic E-state index is -3.81. The summed E-state index contributed by atoms with van der Waals surface area (Å²) in [7, 11) is -2.25. The first-order chi connectivity index (χ1) is 13.3. The lowest BCUT2D eigenvalue weighted by Crippen LogP contribution is -2.37. The molecule has 0 aliphatic heterocycles. The van der Waals surface area contributed by atoms with E-state index in [9.17, 15) is 13.2 Å². The van der Waals surface area contributed by atoms with Crippen LogP contribution in [-0.2, 0) is 14.8 Å². The van der Waals surface area contributed by atoms with Gasteiger partial charge in [-0.15, -0.1) is 0 Å². The highest BCUT2D eigenvalue weighted by Crippen LogP contribution is 2.24. The Morgan fingerprint density at radius 3 is 2.32 bits per heavy atom. The molecule has 2 aromatic carbocycles. The number of anilines is 1. The van der Waals surface area contributed by atoms with E-state index in [2.05, 4.69) is 5.32 Å². The molecule has 0 radical (unpaired) electrons. The van der Waals surface area contributed by atoms with Crippen LogP contribution in [0.25, 0.3) is 0 Å². The van der Waals surface area contributed by atoms with Crippen LogP contribution in [0.5, 0.6) is 11.5 Å². The van der Waals surface area contributed by atoms with Crippen molar-refractivity contribution in [2.45, 2.75) is 25.7 Å². The first-order valence-electron chi connectivity index (χ1n) is 8.99. The van der Waals surface area contributed by atoms with Gasteiger partial charge in [0.15, 0.2) is 0 Å². The Hall–Kier alpha value is -2.58. The Labute approximate surface area is 166 Å². The van der Waals surface area contributed by atoms with Crippen LogP contribution in [0.1, 0.15) is 19.4 Å². The Bertz CT molecular complexity index is 911. The molecule has 28 heavy (non-hydrogen) atoms. The van der Waals surface area contributed by atoms with Gasteiger partial charge in [-0.05, 0) is 61.9 Å². The molecular weight excluding hydrogens is 380 g/mol. The van der Waals surface area contributed by atoms with Gasteiger partial charge in [-0.25, -0.2) is 8.42 Å². The van der Waals surface area contributed by atoms with Crippen LogP contribution >= 0.6 is 0 Å². The number of rotatable bonds is 9. The van der Waals surface area contributed by atoms with Crippen molar-refractivity contribution >= 4 is 21.6 Å². The summed E-state index contributed by atoms with van der Waals surface area (Å²) in [5, 5.41) is 2.70. The molecule has 0 aliphatic carbocycles. The van der Waals surface area contributed by atoms with Gasteiger partial charge in [-0.2, -0.15) is 4.31 Å². The van der Waals surface area contributed by atoms with Gasteiger partial charge in [-0.1, -0.05) is 6.92 Å². The molecular formula is C20H26N2O5S. The molecule has 1 amide bonds.